The van der Waals surface area contributed by atoms with Gasteiger partial charge >= 0.3 is 19.8 Å². The molecule has 4 N–H and O–H groups in total. The van der Waals surface area contributed by atoms with E-state index in [1.807, 2.05) is 6.08 Å². The van der Waals surface area contributed by atoms with Gasteiger partial charge in [-0.25, -0.2) is 4.57 Å². The highest BCUT2D eigenvalue weighted by Crippen LogP contribution is 2.43. The Labute approximate surface area is 370 Å². The minimum atomic E-state index is -4.64. The smallest absolute Gasteiger partial charge is 0.472 e. The Morgan fingerprint density at radius 2 is 0.902 bits per heavy atom. The zero-order valence-corrected chi connectivity index (χ0v) is 38.6. The predicted molar refractivity (Wildman–Crippen MR) is 253 cm³/mol. The largest absolute Gasteiger partial charge is 0.480 e. The van der Waals surface area contributed by atoms with Gasteiger partial charge in [-0.05, 0) is 89.9 Å². The van der Waals surface area contributed by atoms with Crippen LogP contribution in [0.5, 0.6) is 0 Å². The van der Waals surface area contributed by atoms with E-state index >= 15 is 0 Å². The summed E-state index contributed by atoms with van der Waals surface area (Å²) in [7, 11) is -4.64. The van der Waals surface area contributed by atoms with E-state index in [-0.39, 0.29) is 13.0 Å². The third kappa shape index (κ3) is 44.5. The lowest BCUT2D eigenvalue weighted by Crippen LogP contribution is -2.34. The predicted octanol–water partition coefficient (Wildman–Crippen LogP) is 13.1. The van der Waals surface area contributed by atoms with Crippen LogP contribution in [-0.4, -0.2) is 60.5 Å². The lowest BCUT2D eigenvalue weighted by atomic mass is 10.1. The molecule has 0 aromatic rings. The van der Waals surface area contributed by atoms with Crippen molar-refractivity contribution in [3.63, 3.8) is 0 Å². The second kappa shape index (κ2) is 44.7. The van der Waals surface area contributed by atoms with Gasteiger partial charge in [-0.15, -0.1) is 0 Å². The molecular formula is C50H82NO9P. The topological polar surface area (TPSA) is 155 Å². The zero-order chi connectivity index (χ0) is 44.8. The molecule has 0 fully saturated rings. The second-order valence-electron chi connectivity index (χ2n) is 14.8. The van der Waals surface area contributed by atoms with Crippen molar-refractivity contribution in [2.24, 2.45) is 5.73 Å². The summed E-state index contributed by atoms with van der Waals surface area (Å²) in [6, 6.07) is -1.49. The molecule has 0 aromatic carbocycles. The number of nitrogens with two attached hydrogens (primary N) is 1. The highest BCUT2D eigenvalue weighted by Gasteiger charge is 2.27. The first-order chi connectivity index (χ1) is 29.7. The molecule has 10 nitrogen and oxygen atoms in total. The molecular weight excluding hydrogens is 790 g/mol. The lowest BCUT2D eigenvalue weighted by Gasteiger charge is -2.20. The van der Waals surface area contributed by atoms with Gasteiger partial charge in [-0.1, -0.05) is 168 Å². The SMILES string of the molecule is CC/C=C\C/C=C\C/C=C\C/C=C\C/C=C\CCCC(=O)OC(COCCCCCCCCCCC/C=C\C/C=C\C/C=C\C/C=C\CC)COP(=O)(O)OCC(N)C(=O)O. The van der Waals surface area contributed by atoms with Crippen molar-refractivity contribution in [3.8, 4) is 0 Å². The molecule has 0 radical (unpaired) electrons. The van der Waals surface area contributed by atoms with E-state index in [0.29, 0.717) is 19.4 Å². The quantitative estimate of drug-likeness (QED) is 0.0234. The van der Waals surface area contributed by atoms with Gasteiger partial charge in [0.1, 0.15) is 12.1 Å². The third-order valence-corrected chi connectivity index (χ3v) is 10.00. The van der Waals surface area contributed by atoms with Crippen LogP contribution in [0.1, 0.15) is 155 Å². The first kappa shape index (κ1) is 57.6. The summed E-state index contributed by atoms with van der Waals surface area (Å²) in [6.07, 6.45) is 60.1. The molecule has 0 saturated heterocycles. The van der Waals surface area contributed by atoms with E-state index < -0.39 is 45.1 Å². The van der Waals surface area contributed by atoms with Crippen molar-refractivity contribution in [2.45, 2.75) is 167 Å². The average molecular weight is 872 g/mol. The molecule has 0 saturated carbocycles. The van der Waals surface area contributed by atoms with Gasteiger partial charge in [0.2, 0.25) is 0 Å². The molecule has 0 bridgehead atoms. The van der Waals surface area contributed by atoms with Crippen molar-refractivity contribution < 1.29 is 42.7 Å². The van der Waals surface area contributed by atoms with Gasteiger partial charge in [0.05, 0.1) is 19.8 Å². The number of hydrogen-bond acceptors (Lipinski definition) is 8. The van der Waals surface area contributed by atoms with Crippen molar-refractivity contribution in [1.29, 1.82) is 0 Å². The van der Waals surface area contributed by atoms with E-state index in [1.54, 1.807) is 0 Å². The van der Waals surface area contributed by atoms with Crippen LogP contribution in [0, 0.1) is 0 Å². The summed E-state index contributed by atoms with van der Waals surface area (Å²) in [6.45, 7) is 3.54. The van der Waals surface area contributed by atoms with Gasteiger partial charge < -0.3 is 25.2 Å². The van der Waals surface area contributed by atoms with Crippen LogP contribution >= 0.6 is 7.82 Å². The van der Waals surface area contributed by atoms with E-state index in [2.05, 4.69) is 117 Å². The number of carbonyl (C=O) groups excluding carboxylic acids is 1. The number of carboxylic acid groups (broad SMARTS) is 1. The highest BCUT2D eigenvalue weighted by molar-refractivity contribution is 7.47. The van der Waals surface area contributed by atoms with Crippen LogP contribution < -0.4 is 5.73 Å². The number of phosphoric acid groups is 1. The van der Waals surface area contributed by atoms with Crippen LogP contribution in [-0.2, 0) is 32.7 Å². The summed E-state index contributed by atoms with van der Waals surface area (Å²) in [4.78, 5) is 33.6. The van der Waals surface area contributed by atoms with Crippen LogP contribution in [0.3, 0.4) is 0 Å². The molecule has 0 aromatic heterocycles. The van der Waals surface area contributed by atoms with E-state index in [1.165, 1.54) is 38.5 Å². The van der Waals surface area contributed by atoms with Gasteiger partial charge in [-0.2, -0.15) is 0 Å². The molecule has 61 heavy (non-hydrogen) atoms. The number of rotatable bonds is 42. The zero-order valence-electron chi connectivity index (χ0n) is 37.7. The summed E-state index contributed by atoms with van der Waals surface area (Å²) < 4.78 is 33.3. The Morgan fingerprint density at radius 3 is 1.34 bits per heavy atom. The van der Waals surface area contributed by atoms with E-state index in [9.17, 15) is 19.0 Å². The maximum absolute atomic E-state index is 12.6. The van der Waals surface area contributed by atoms with Gasteiger partial charge in [0.15, 0.2) is 0 Å². The Bertz CT molecular complexity index is 1380. The molecule has 0 aliphatic heterocycles. The van der Waals surface area contributed by atoms with E-state index in [4.69, 9.17) is 29.4 Å². The fraction of sp³-hybridized carbons (Fsp3) is 0.600. The number of aliphatic carboxylic acids is 1. The van der Waals surface area contributed by atoms with Crippen LogP contribution in [0.15, 0.2) is 109 Å². The molecule has 0 rings (SSSR count). The van der Waals surface area contributed by atoms with Crippen molar-refractivity contribution in [1.82, 2.24) is 0 Å². The van der Waals surface area contributed by atoms with Crippen molar-refractivity contribution in [3.05, 3.63) is 109 Å². The Balaban J connectivity index is 4.31. The number of allylic oxidation sites excluding steroid dienone is 18. The average Bonchev–Trinajstić information content (AvgIpc) is 3.24. The molecule has 0 spiro atoms. The normalized spacial score (nSPS) is 14.8. The number of esters is 1. The maximum Gasteiger partial charge on any atom is 0.472 e. The van der Waals surface area contributed by atoms with Gasteiger partial charge in [-0.3, -0.25) is 18.6 Å². The Morgan fingerprint density at radius 1 is 0.525 bits per heavy atom. The lowest BCUT2D eigenvalue weighted by molar-refractivity contribution is -0.154. The molecule has 0 heterocycles. The number of carbonyl (C=O) groups is 2. The summed E-state index contributed by atoms with van der Waals surface area (Å²) >= 11 is 0. The highest BCUT2D eigenvalue weighted by atomic mass is 31.2. The maximum atomic E-state index is 12.6. The molecule has 0 aliphatic rings. The fourth-order valence-corrected chi connectivity index (χ4v) is 6.35. The van der Waals surface area contributed by atoms with Crippen LogP contribution in [0.4, 0.5) is 0 Å². The van der Waals surface area contributed by atoms with E-state index in [0.717, 1.165) is 83.5 Å². The van der Waals surface area contributed by atoms with Crippen LogP contribution in [0.2, 0.25) is 0 Å². The number of hydrogen-bond donors (Lipinski definition) is 3. The third-order valence-electron chi connectivity index (χ3n) is 9.05. The Hall–Kier alpha value is -3.37. The van der Waals surface area contributed by atoms with Gasteiger partial charge in [0.25, 0.3) is 0 Å². The minimum Gasteiger partial charge on any atom is -0.480 e. The monoisotopic (exact) mass is 872 g/mol. The van der Waals surface area contributed by atoms with Crippen LogP contribution in [0.25, 0.3) is 0 Å². The number of ether oxygens (including phenoxy) is 2. The standard InChI is InChI=1S/C50H82NO9P/c1-3-5-7-9-11-13-15-17-19-21-22-23-24-25-27-29-31-33-35-37-39-41-43-57-44-47(45-58-61(55,56)59-46-48(51)50(53)54)60-49(52)42-40-38-36-34-32-30-28-26-20-18-16-14-12-10-8-6-4-2/h5-8,11-14,17-20,22-23,28,30,34,36,47-48H,3-4,9-10,15-16,21,24-27,29,31-33,35,37-46,51H2,1-2H3,(H,53,54)(H,55,56)/b7-5-,8-6-,13-11-,14-12-,19-17-,20-18-,23-22-,30-28-,36-34-. The second-order valence-corrected chi connectivity index (χ2v) is 16.2. The summed E-state index contributed by atoms with van der Waals surface area (Å²) in [5.74, 6) is -1.85. The molecule has 346 valence electrons. The summed E-state index contributed by atoms with van der Waals surface area (Å²) in [5, 5.41) is 8.91. The van der Waals surface area contributed by atoms with Gasteiger partial charge in [0, 0.05) is 13.0 Å². The number of carboxylic acids is 1. The first-order valence-corrected chi connectivity index (χ1v) is 24.4. The first-order valence-electron chi connectivity index (χ1n) is 22.9. The van der Waals surface area contributed by atoms with Crippen molar-refractivity contribution >= 4 is 19.8 Å². The molecule has 11 heteroatoms. The molecule has 0 aliphatic carbocycles. The molecule has 3 atom stereocenters. The molecule has 3 unspecified atom stereocenters. The summed E-state index contributed by atoms with van der Waals surface area (Å²) in [5.41, 5.74) is 5.36. The molecule has 0 amide bonds. The fourth-order valence-electron chi connectivity index (χ4n) is 5.57. The Kier molecular flexibility index (Phi) is 42.2. The number of unbranched alkanes of at least 4 members (excludes halogenated alkanes) is 10. The minimum absolute atomic E-state index is 0.0178. The number of phosphoric ester groups is 1. The van der Waals surface area contributed by atoms with Crippen molar-refractivity contribution in [2.75, 3.05) is 26.4 Å².